The van der Waals surface area contributed by atoms with E-state index in [0.29, 0.717) is 11.0 Å². The van der Waals surface area contributed by atoms with Crippen LogP contribution in [0.25, 0.3) is 0 Å². The molecule has 0 atom stereocenters. The molecule has 16 heavy (non-hydrogen) atoms. The lowest BCUT2D eigenvalue weighted by atomic mass is 9.69. The number of benzene rings is 1. The summed E-state index contributed by atoms with van der Waals surface area (Å²) in [4.78, 5) is 0. The Hall–Kier alpha value is -1.02. The first-order valence-corrected chi connectivity index (χ1v) is 5.94. The Morgan fingerprint density at radius 3 is 2.12 bits per heavy atom. The Kier molecular flexibility index (Phi) is 2.70. The van der Waals surface area contributed by atoms with E-state index in [4.69, 9.17) is 0 Å². The molecule has 2 nitrogen and oxygen atoms in total. The summed E-state index contributed by atoms with van der Waals surface area (Å²) in [5.74, 6) is 0.213. The van der Waals surface area contributed by atoms with Crippen LogP contribution in [0.5, 0.6) is 5.75 Å². The van der Waals surface area contributed by atoms with Crippen LogP contribution in [0.2, 0.25) is 0 Å². The molecule has 88 valence electrons. The summed E-state index contributed by atoms with van der Waals surface area (Å²) in [6.07, 6.45) is 3.46. The van der Waals surface area contributed by atoms with Crippen LogP contribution in [0.15, 0.2) is 24.3 Å². The van der Waals surface area contributed by atoms with Crippen molar-refractivity contribution in [1.82, 2.24) is 0 Å². The number of hydrogen-bond donors (Lipinski definition) is 2. The Balaban J connectivity index is 2.25. The van der Waals surface area contributed by atoms with Gasteiger partial charge in [0.25, 0.3) is 0 Å². The van der Waals surface area contributed by atoms with Gasteiger partial charge in [-0.25, -0.2) is 0 Å². The molecule has 1 aromatic carbocycles. The summed E-state index contributed by atoms with van der Waals surface area (Å²) < 4.78 is 0. The number of para-hydroxylation sites is 1. The first kappa shape index (κ1) is 11.5. The molecule has 1 aromatic rings. The minimum absolute atomic E-state index is 0.213. The molecule has 1 aliphatic carbocycles. The highest BCUT2D eigenvalue weighted by molar-refractivity contribution is 5.37. The average molecular weight is 220 g/mol. The molecule has 0 unspecified atom stereocenters. The van der Waals surface area contributed by atoms with E-state index in [1.807, 2.05) is 12.1 Å². The molecule has 2 heteroatoms. The molecule has 0 saturated heterocycles. The third-order valence-corrected chi connectivity index (χ3v) is 3.84. The van der Waals surface area contributed by atoms with Gasteiger partial charge in [-0.15, -0.1) is 0 Å². The van der Waals surface area contributed by atoms with E-state index in [-0.39, 0.29) is 5.75 Å². The molecule has 2 rings (SSSR count). The highest BCUT2D eigenvalue weighted by Gasteiger charge is 2.39. The number of rotatable bonds is 1. The van der Waals surface area contributed by atoms with Crippen molar-refractivity contribution in [2.24, 2.45) is 5.41 Å². The quantitative estimate of drug-likeness (QED) is 0.763. The van der Waals surface area contributed by atoms with Crippen molar-refractivity contribution in [3.63, 3.8) is 0 Å². The van der Waals surface area contributed by atoms with Crippen molar-refractivity contribution < 1.29 is 10.2 Å². The van der Waals surface area contributed by atoms with Gasteiger partial charge in [-0.3, -0.25) is 0 Å². The molecule has 1 fully saturated rings. The van der Waals surface area contributed by atoms with Crippen LogP contribution < -0.4 is 0 Å². The maximum atomic E-state index is 10.6. The summed E-state index contributed by atoms with van der Waals surface area (Å²) in [6, 6.07) is 7.13. The van der Waals surface area contributed by atoms with Crippen molar-refractivity contribution >= 4 is 0 Å². The second kappa shape index (κ2) is 3.77. The standard InChI is InChI=1S/C14H20O2/c1-13(2)7-9-14(16,10-8-13)11-5-3-4-6-12(11)15/h3-6,15-16H,7-10H2,1-2H3. The van der Waals surface area contributed by atoms with E-state index >= 15 is 0 Å². The van der Waals surface area contributed by atoms with Gasteiger partial charge in [0.1, 0.15) is 5.75 Å². The number of aromatic hydroxyl groups is 1. The van der Waals surface area contributed by atoms with E-state index in [1.54, 1.807) is 12.1 Å². The average Bonchev–Trinajstić information content (AvgIpc) is 2.24. The molecule has 1 saturated carbocycles. The Morgan fingerprint density at radius 2 is 1.56 bits per heavy atom. The molecular weight excluding hydrogens is 200 g/mol. The summed E-state index contributed by atoms with van der Waals surface area (Å²) in [5, 5.41) is 20.4. The predicted molar refractivity (Wildman–Crippen MR) is 64.3 cm³/mol. The fraction of sp³-hybridized carbons (Fsp3) is 0.571. The lowest BCUT2D eigenvalue weighted by molar-refractivity contribution is -0.0320. The molecule has 1 aliphatic rings. The maximum Gasteiger partial charge on any atom is 0.121 e. The van der Waals surface area contributed by atoms with Gasteiger partial charge in [0, 0.05) is 5.56 Å². The lowest BCUT2D eigenvalue weighted by Gasteiger charge is -2.40. The Morgan fingerprint density at radius 1 is 1.00 bits per heavy atom. The molecule has 0 aliphatic heterocycles. The molecule has 0 heterocycles. The first-order chi connectivity index (χ1) is 7.43. The van der Waals surface area contributed by atoms with E-state index in [2.05, 4.69) is 13.8 Å². The van der Waals surface area contributed by atoms with E-state index < -0.39 is 5.60 Å². The van der Waals surface area contributed by atoms with E-state index in [0.717, 1.165) is 25.7 Å². The zero-order valence-electron chi connectivity index (χ0n) is 10.0. The fourth-order valence-electron chi connectivity index (χ4n) is 2.48. The Labute approximate surface area is 96.9 Å². The summed E-state index contributed by atoms with van der Waals surface area (Å²) in [5.41, 5.74) is 0.169. The highest BCUT2D eigenvalue weighted by Crippen LogP contribution is 2.46. The third-order valence-electron chi connectivity index (χ3n) is 3.84. The molecule has 2 N–H and O–H groups in total. The summed E-state index contributed by atoms with van der Waals surface area (Å²) in [7, 11) is 0. The molecule has 0 amide bonds. The molecule has 0 aromatic heterocycles. The molecule has 0 spiro atoms. The van der Waals surface area contributed by atoms with Crippen molar-refractivity contribution in [1.29, 1.82) is 0 Å². The smallest absolute Gasteiger partial charge is 0.121 e. The largest absolute Gasteiger partial charge is 0.508 e. The van der Waals surface area contributed by atoms with Gasteiger partial charge in [0.15, 0.2) is 0 Å². The second-order valence-electron chi connectivity index (χ2n) is 5.71. The zero-order valence-corrected chi connectivity index (χ0v) is 10.0. The van der Waals surface area contributed by atoms with Crippen LogP contribution in [-0.2, 0) is 5.60 Å². The highest BCUT2D eigenvalue weighted by atomic mass is 16.3. The maximum absolute atomic E-state index is 10.6. The minimum atomic E-state index is -0.832. The van der Waals surface area contributed by atoms with Crippen LogP contribution in [0, 0.1) is 5.41 Å². The van der Waals surface area contributed by atoms with Gasteiger partial charge in [0.2, 0.25) is 0 Å². The zero-order chi connectivity index (χ0) is 11.8. The van der Waals surface area contributed by atoms with Gasteiger partial charge in [-0.05, 0) is 37.2 Å². The normalized spacial score (nSPS) is 22.9. The molecule has 0 bridgehead atoms. The number of phenolic OH excluding ortho intramolecular Hbond substituents is 1. The van der Waals surface area contributed by atoms with Crippen molar-refractivity contribution in [2.45, 2.75) is 45.1 Å². The minimum Gasteiger partial charge on any atom is -0.508 e. The van der Waals surface area contributed by atoms with Crippen LogP contribution in [0.1, 0.15) is 45.1 Å². The lowest BCUT2D eigenvalue weighted by Crippen LogP contribution is -2.34. The second-order valence-corrected chi connectivity index (χ2v) is 5.71. The monoisotopic (exact) mass is 220 g/mol. The van der Waals surface area contributed by atoms with Gasteiger partial charge >= 0.3 is 0 Å². The Bertz CT molecular complexity index is 372. The van der Waals surface area contributed by atoms with Gasteiger partial charge in [-0.1, -0.05) is 32.0 Å². The number of aliphatic hydroxyl groups is 1. The number of phenols is 1. The van der Waals surface area contributed by atoms with Crippen LogP contribution in [0.4, 0.5) is 0 Å². The summed E-state index contributed by atoms with van der Waals surface area (Å²) in [6.45, 7) is 4.47. The SMILES string of the molecule is CC1(C)CCC(O)(c2ccccc2O)CC1. The van der Waals surface area contributed by atoms with Gasteiger partial charge in [-0.2, -0.15) is 0 Å². The topological polar surface area (TPSA) is 40.5 Å². The van der Waals surface area contributed by atoms with Crippen molar-refractivity contribution in [2.75, 3.05) is 0 Å². The molecule has 0 radical (unpaired) electrons. The van der Waals surface area contributed by atoms with Gasteiger partial charge in [0.05, 0.1) is 5.60 Å². The van der Waals surface area contributed by atoms with Crippen LogP contribution in [0.3, 0.4) is 0 Å². The number of hydrogen-bond acceptors (Lipinski definition) is 2. The molecular formula is C14H20O2. The summed E-state index contributed by atoms with van der Waals surface area (Å²) >= 11 is 0. The third kappa shape index (κ3) is 2.07. The van der Waals surface area contributed by atoms with E-state index in [1.165, 1.54) is 0 Å². The van der Waals surface area contributed by atoms with Crippen molar-refractivity contribution in [3.05, 3.63) is 29.8 Å². The predicted octanol–water partition coefficient (Wildman–Crippen LogP) is 3.18. The fourth-order valence-corrected chi connectivity index (χ4v) is 2.48. The van der Waals surface area contributed by atoms with Crippen molar-refractivity contribution in [3.8, 4) is 5.75 Å². The van der Waals surface area contributed by atoms with Crippen LogP contribution in [-0.4, -0.2) is 10.2 Å². The first-order valence-electron chi connectivity index (χ1n) is 5.94. The van der Waals surface area contributed by atoms with Gasteiger partial charge < -0.3 is 10.2 Å². The van der Waals surface area contributed by atoms with Crippen LogP contribution >= 0.6 is 0 Å². The van der Waals surface area contributed by atoms with E-state index in [9.17, 15) is 10.2 Å².